The van der Waals surface area contributed by atoms with Crippen molar-refractivity contribution in [3.8, 4) is 0 Å². The minimum atomic E-state index is -0.131. The van der Waals surface area contributed by atoms with Crippen molar-refractivity contribution in [2.24, 2.45) is 0 Å². The van der Waals surface area contributed by atoms with Gasteiger partial charge in [0.2, 0.25) is 0 Å². The lowest BCUT2D eigenvalue weighted by Gasteiger charge is -1.99. The lowest BCUT2D eigenvalue weighted by molar-refractivity contribution is 0.325. The van der Waals surface area contributed by atoms with Gasteiger partial charge in [-0.05, 0) is 6.08 Å². The van der Waals surface area contributed by atoms with Crippen LogP contribution in [0.4, 0.5) is 5.82 Å². The predicted octanol–water partition coefficient (Wildman–Crippen LogP) is 0.481. The molecule has 0 spiro atoms. The van der Waals surface area contributed by atoms with Gasteiger partial charge in [-0.3, -0.25) is 0 Å². The minimum absolute atomic E-state index is 0.131. The van der Waals surface area contributed by atoms with Crippen LogP contribution >= 0.6 is 0 Å². The number of rotatable bonds is 3. The number of aliphatic hydroxyl groups is 1. The molecule has 0 fully saturated rings. The molecular weight excluding hydrogens is 142 g/mol. The molecule has 0 aliphatic heterocycles. The summed E-state index contributed by atoms with van der Waals surface area (Å²) in [6, 6.07) is 1.70. The van der Waals surface area contributed by atoms with Gasteiger partial charge in [0.05, 0.1) is 5.69 Å². The van der Waals surface area contributed by atoms with Gasteiger partial charge in [0, 0.05) is 6.07 Å². The van der Waals surface area contributed by atoms with Crippen molar-refractivity contribution < 1.29 is 5.11 Å². The molecule has 1 aromatic rings. The van der Waals surface area contributed by atoms with Gasteiger partial charge in [-0.2, -0.15) is 0 Å². The van der Waals surface area contributed by atoms with Crippen LogP contribution in [0.2, 0.25) is 0 Å². The lowest BCUT2D eigenvalue weighted by atomic mass is 10.4. The van der Waals surface area contributed by atoms with Crippen LogP contribution in [0.1, 0.15) is 5.69 Å². The number of hydrogen-bond acceptors (Lipinski definition) is 4. The molecule has 1 heterocycles. The van der Waals surface area contributed by atoms with Gasteiger partial charge in [0.1, 0.15) is 18.9 Å². The van der Waals surface area contributed by atoms with E-state index in [1.165, 1.54) is 6.33 Å². The van der Waals surface area contributed by atoms with Crippen LogP contribution in [0.5, 0.6) is 0 Å². The van der Waals surface area contributed by atoms with Crippen molar-refractivity contribution >= 4 is 11.9 Å². The normalized spacial score (nSPS) is 9.18. The molecule has 4 heteroatoms. The molecule has 0 bridgehead atoms. The third-order valence-electron chi connectivity index (χ3n) is 1.16. The molecule has 0 aliphatic carbocycles. The fourth-order valence-corrected chi connectivity index (χ4v) is 0.662. The van der Waals surface area contributed by atoms with E-state index in [2.05, 4.69) is 21.9 Å². The Bertz CT molecular complexity index is 249. The highest BCUT2D eigenvalue weighted by Gasteiger charge is 1.91. The maximum Gasteiger partial charge on any atom is 0.131 e. The Morgan fingerprint density at radius 2 is 2.45 bits per heavy atom. The van der Waals surface area contributed by atoms with Crippen molar-refractivity contribution in [2.75, 3.05) is 12.0 Å². The van der Waals surface area contributed by atoms with Crippen molar-refractivity contribution in [1.29, 1.82) is 0 Å². The summed E-state index contributed by atoms with van der Waals surface area (Å²) < 4.78 is 0. The molecule has 58 valence electrons. The zero-order chi connectivity index (χ0) is 8.10. The molecule has 0 unspecified atom stereocenters. The van der Waals surface area contributed by atoms with Crippen LogP contribution in [0, 0.1) is 0 Å². The summed E-state index contributed by atoms with van der Waals surface area (Å²) in [7, 11) is 0. The molecule has 11 heavy (non-hydrogen) atoms. The van der Waals surface area contributed by atoms with E-state index in [-0.39, 0.29) is 6.73 Å². The Labute approximate surface area is 64.6 Å². The smallest absolute Gasteiger partial charge is 0.131 e. The third-order valence-corrected chi connectivity index (χ3v) is 1.16. The Morgan fingerprint density at radius 1 is 1.64 bits per heavy atom. The topological polar surface area (TPSA) is 58.0 Å². The van der Waals surface area contributed by atoms with Gasteiger partial charge in [0.15, 0.2) is 0 Å². The molecule has 0 saturated heterocycles. The highest BCUT2D eigenvalue weighted by Crippen LogP contribution is 2.03. The van der Waals surface area contributed by atoms with Crippen LogP contribution in [0.25, 0.3) is 6.08 Å². The third kappa shape index (κ3) is 2.01. The Morgan fingerprint density at radius 3 is 3.09 bits per heavy atom. The Kier molecular flexibility index (Phi) is 2.57. The summed E-state index contributed by atoms with van der Waals surface area (Å²) >= 11 is 0. The molecule has 0 atom stereocenters. The van der Waals surface area contributed by atoms with Gasteiger partial charge in [-0.15, -0.1) is 0 Å². The number of aliphatic hydroxyl groups excluding tert-OH is 1. The molecule has 0 saturated carbocycles. The van der Waals surface area contributed by atoms with Crippen molar-refractivity contribution in [3.05, 3.63) is 24.7 Å². The van der Waals surface area contributed by atoms with Gasteiger partial charge >= 0.3 is 0 Å². The van der Waals surface area contributed by atoms with Crippen molar-refractivity contribution in [1.82, 2.24) is 9.97 Å². The summed E-state index contributed by atoms with van der Waals surface area (Å²) in [6.45, 7) is 3.42. The van der Waals surface area contributed by atoms with Crippen LogP contribution in [0.15, 0.2) is 19.0 Å². The van der Waals surface area contributed by atoms with E-state index in [0.717, 1.165) is 5.69 Å². The van der Waals surface area contributed by atoms with Gasteiger partial charge < -0.3 is 10.4 Å². The molecular formula is C7H9N3O. The monoisotopic (exact) mass is 151 g/mol. The molecule has 4 nitrogen and oxygen atoms in total. The molecule has 1 aromatic heterocycles. The predicted molar refractivity (Wildman–Crippen MR) is 42.8 cm³/mol. The van der Waals surface area contributed by atoms with E-state index in [1.807, 2.05) is 0 Å². The van der Waals surface area contributed by atoms with Crippen molar-refractivity contribution in [2.45, 2.75) is 0 Å². The maximum atomic E-state index is 8.49. The molecule has 1 rings (SSSR count). The van der Waals surface area contributed by atoms with E-state index in [9.17, 15) is 0 Å². The van der Waals surface area contributed by atoms with Gasteiger partial charge in [0.25, 0.3) is 0 Å². The first-order valence-corrected chi connectivity index (χ1v) is 3.16. The highest BCUT2D eigenvalue weighted by atomic mass is 16.3. The Hall–Kier alpha value is -1.42. The SMILES string of the molecule is C=Cc1cc(NCO)ncn1. The molecule has 0 radical (unpaired) electrons. The Balaban J connectivity index is 2.82. The zero-order valence-corrected chi connectivity index (χ0v) is 5.99. The summed E-state index contributed by atoms with van der Waals surface area (Å²) in [5, 5.41) is 11.1. The van der Waals surface area contributed by atoms with Crippen LogP contribution in [-0.2, 0) is 0 Å². The summed E-state index contributed by atoms with van der Waals surface area (Å²) in [4.78, 5) is 7.74. The number of aromatic nitrogens is 2. The van der Waals surface area contributed by atoms with E-state index in [0.29, 0.717) is 5.82 Å². The van der Waals surface area contributed by atoms with E-state index in [4.69, 9.17) is 5.11 Å². The van der Waals surface area contributed by atoms with Gasteiger partial charge in [-0.1, -0.05) is 6.58 Å². The first kappa shape index (κ1) is 7.68. The second kappa shape index (κ2) is 3.68. The average molecular weight is 151 g/mol. The summed E-state index contributed by atoms with van der Waals surface area (Å²) in [6.07, 6.45) is 3.03. The number of anilines is 1. The first-order chi connectivity index (χ1) is 5.36. The fourth-order valence-electron chi connectivity index (χ4n) is 0.662. The minimum Gasteiger partial charge on any atom is -0.377 e. The molecule has 0 aromatic carbocycles. The molecule has 0 amide bonds. The van der Waals surface area contributed by atoms with Crippen LogP contribution < -0.4 is 5.32 Å². The van der Waals surface area contributed by atoms with E-state index < -0.39 is 0 Å². The second-order valence-electron chi connectivity index (χ2n) is 1.87. The molecule has 2 N–H and O–H groups in total. The second-order valence-corrected chi connectivity index (χ2v) is 1.87. The lowest BCUT2D eigenvalue weighted by Crippen LogP contribution is -2.01. The maximum absolute atomic E-state index is 8.49. The standard InChI is InChI=1S/C7H9N3O/c1-2-6-3-7(10-5-11)9-4-8-6/h2-4,11H,1,5H2,(H,8,9,10). The van der Waals surface area contributed by atoms with Gasteiger partial charge in [-0.25, -0.2) is 9.97 Å². The number of nitrogens with one attached hydrogen (secondary N) is 1. The van der Waals surface area contributed by atoms with Crippen molar-refractivity contribution in [3.63, 3.8) is 0 Å². The number of nitrogens with zero attached hydrogens (tertiary/aromatic N) is 2. The number of hydrogen-bond donors (Lipinski definition) is 2. The summed E-state index contributed by atoms with van der Waals surface area (Å²) in [5.41, 5.74) is 0.732. The summed E-state index contributed by atoms with van der Waals surface area (Å²) in [5.74, 6) is 0.595. The largest absolute Gasteiger partial charge is 0.377 e. The zero-order valence-electron chi connectivity index (χ0n) is 5.99. The molecule has 0 aliphatic rings. The van der Waals surface area contributed by atoms with E-state index >= 15 is 0 Å². The first-order valence-electron chi connectivity index (χ1n) is 3.16. The fraction of sp³-hybridized carbons (Fsp3) is 0.143. The average Bonchev–Trinajstić information content (AvgIpc) is 2.06. The van der Waals surface area contributed by atoms with Crippen LogP contribution in [0.3, 0.4) is 0 Å². The van der Waals surface area contributed by atoms with E-state index in [1.54, 1.807) is 12.1 Å². The highest BCUT2D eigenvalue weighted by molar-refractivity contribution is 5.47. The van der Waals surface area contributed by atoms with Crippen LogP contribution in [-0.4, -0.2) is 21.8 Å². The quantitative estimate of drug-likeness (QED) is 0.617.